The molecule has 0 aliphatic rings. The zero-order valence-corrected chi connectivity index (χ0v) is 5.84. The first-order valence-electron chi connectivity index (χ1n) is 2.41. The Morgan fingerprint density at radius 1 is 1.78 bits per heavy atom. The van der Waals surface area contributed by atoms with Crippen molar-refractivity contribution in [2.24, 2.45) is 0 Å². The van der Waals surface area contributed by atoms with E-state index in [0.29, 0.717) is 0 Å². The van der Waals surface area contributed by atoms with E-state index >= 15 is 0 Å². The van der Waals surface area contributed by atoms with Crippen molar-refractivity contribution in [2.45, 2.75) is 19.0 Å². The Balaban J connectivity index is 3.63. The van der Waals surface area contributed by atoms with Gasteiger partial charge in [-0.25, -0.2) is 0 Å². The molecular weight excluding hydrogens is 143 g/mol. The maximum absolute atomic E-state index is 10.1. The molecule has 0 aromatic carbocycles. The van der Waals surface area contributed by atoms with E-state index in [-0.39, 0.29) is 6.42 Å². The van der Waals surface area contributed by atoms with Crippen molar-refractivity contribution in [1.29, 1.82) is 0 Å². The van der Waals surface area contributed by atoms with Gasteiger partial charge in [-0.3, -0.25) is 4.79 Å². The van der Waals surface area contributed by atoms with Gasteiger partial charge in [0.2, 0.25) is 0 Å². The lowest BCUT2D eigenvalue weighted by molar-refractivity contribution is -0.136. The highest BCUT2D eigenvalue weighted by Crippen LogP contribution is 2.23. The van der Waals surface area contributed by atoms with E-state index in [4.69, 9.17) is 10.00 Å². The highest BCUT2D eigenvalue weighted by atomic mass is 31.1. The molecule has 5 heteroatoms. The minimum atomic E-state index is -2.33. The van der Waals surface area contributed by atoms with Gasteiger partial charge in [0.15, 0.2) is 5.66 Å². The molecule has 0 aliphatic heterocycles. The third-order valence-electron chi connectivity index (χ3n) is 0.847. The lowest BCUT2D eigenvalue weighted by Gasteiger charge is -1.88. The Hall–Kier alpha value is -0.470. The van der Waals surface area contributed by atoms with Crippen LogP contribution in [0.25, 0.3) is 0 Å². The Labute approximate surface area is 53.4 Å². The first kappa shape index (κ1) is 8.53. The van der Waals surface area contributed by atoms with Gasteiger partial charge in [-0.2, -0.15) is 4.89 Å². The van der Waals surface area contributed by atoms with Gasteiger partial charge in [-0.05, 0) is 11.5 Å². The predicted molar refractivity (Wildman–Crippen MR) is 31.5 cm³/mol. The molecule has 0 saturated heterocycles. The predicted octanol–water partition coefficient (Wildman–Crippen LogP) is 0.584. The Bertz CT molecular complexity index is 133. The molecule has 0 fully saturated rings. The SMILES string of the molecule is CC(CC(=O)O)[P+](=O)O. The zero-order chi connectivity index (χ0) is 7.44. The summed E-state index contributed by atoms with van der Waals surface area (Å²) < 4.78 is 10.1. The summed E-state index contributed by atoms with van der Waals surface area (Å²) in [5, 5.41) is 8.09. The van der Waals surface area contributed by atoms with E-state index in [1.165, 1.54) is 6.92 Å². The molecule has 0 saturated carbocycles. The summed E-state index contributed by atoms with van der Waals surface area (Å²) in [6.07, 6.45) is -0.244. The van der Waals surface area contributed by atoms with Gasteiger partial charge in [0.25, 0.3) is 0 Å². The molecular formula is C4H8O4P+. The van der Waals surface area contributed by atoms with Gasteiger partial charge >= 0.3 is 14.0 Å². The number of carboxylic acid groups (broad SMARTS) is 1. The molecule has 2 N–H and O–H groups in total. The summed E-state index contributed by atoms with van der Waals surface area (Å²) in [5.41, 5.74) is -0.641. The van der Waals surface area contributed by atoms with Gasteiger partial charge in [-0.15, -0.1) is 0 Å². The zero-order valence-electron chi connectivity index (χ0n) is 4.94. The fourth-order valence-corrected chi connectivity index (χ4v) is 0.643. The van der Waals surface area contributed by atoms with Crippen LogP contribution in [0.2, 0.25) is 0 Å². The number of hydrogen-bond donors (Lipinski definition) is 2. The Morgan fingerprint density at radius 3 is 2.33 bits per heavy atom. The largest absolute Gasteiger partial charge is 0.508 e. The molecule has 0 rings (SSSR count). The smallest absolute Gasteiger partial charge is 0.481 e. The van der Waals surface area contributed by atoms with E-state index in [1.54, 1.807) is 0 Å². The van der Waals surface area contributed by atoms with Gasteiger partial charge in [0, 0.05) is 0 Å². The molecule has 2 atom stereocenters. The number of carbonyl (C=O) groups is 1. The van der Waals surface area contributed by atoms with Crippen LogP contribution in [0.15, 0.2) is 0 Å². The van der Waals surface area contributed by atoms with Crippen LogP contribution >= 0.6 is 8.03 Å². The molecule has 4 nitrogen and oxygen atoms in total. The molecule has 52 valence electrons. The second-order valence-corrected chi connectivity index (χ2v) is 3.24. The molecule has 0 amide bonds. The van der Waals surface area contributed by atoms with Crippen LogP contribution in [-0.4, -0.2) is 21.6 Å². The molecule has 0 bridgehead atoms. The molecule has 0 radical (unpaired) electrons. The summed E-state index contributed by atoms with van der Waals surface area (Å²) in [7, 11) is -2.33. The first-order chi connectivity index (χ1) is 4.04. The average molecular weight is 151 g/mol. The lowest BCUT2D eigenvalue weighted by atomic mass is 10.3. The summed E-state index contributed by atoms with van der Waals surface area (Å²) in [4.78, 5) is 18.2. The molecule has 0 aliphatic carbocycles. The summed E-state index contributed by atoms with van der Waals surface area (Å²) >= 11 is 0. The van der Waals surface area contributed by atoms with E-state index in [0.717, 1.165) is 0 Å². The van der Waals surface area contributed by atoms with Crippen molar-refractivity contribution in [3.63, 3.8) is 0 Å². The minimum Gasteiger partial charge on any atom is -0.481 e. The number of aliphatic carboxylic acids is 1. The maximum atomic E-state index is 10.1. The van der Waals surface area contributed by atoms with E-state index in [1.807, 2.05) is 0 Å². The van der Waals surface area contributed by atoms with Crippen molar-refractivity contribution in [3.05, 3.63) is 0 Å². The van der Waals surface area contributed by atoms with Gasteiger partial charge < -0.3 is 5.11 Å². The van der Waals surface area contributed by atoms with Gasteiger partial charge in [-0.1, -0.05) is 0 Å². The number of carboxylic acids is 1. The topological polar surface area (TPSA) is 74.6 Å². The van der Waals surface area contributed by atoms with Crippen molar-refractivity contribution in [3.8, 4) is 0 Å². The van der Waals surface area contributed by atoms with Crippen molar-refractivity contribution in [1.82, 2.24) is 0 Å². The summed E-state index contributed by atoms with van der Waals surface area (Å²) in [6, 6.07) is 0. The van der Waals surface area contributed by atoms with E-state index in [2.05, 4.69) is 0 Å². The summed E-state index contributed by atoms with van der Waals surface area (Å²) in [5.74, 6) is -1.04. The standard InChI is InChI=1S/C4H7O4P/c1-3(9(7)8)2-4(5)6/h3H,2H2,1H3,(H-,5,6,7,8)/p+1. The fourth-order valence-electron chi connectivity index (χ4n) is 0.331. The Kier molecular flexibility index (Phi) is 3.35. The second-order valence-electron chi connectivity index (χ2n) is 1.75. The molecule has 0 spiro atoms. The van der Waals surface area contributed by atoms with Crippen LogP contribution in [0.1, 0.15) is 13.3 Å². The third kappa shape index (κ3) is 4.06. The van der Waals surface area contributed by atoms with Crippen LogP contribution in [0, 0.1) is 0 Å². The third-order valence-corrected chi connectivity index (χ3v) is 1.78. The highest BCUT2D eigenvalue weighted by Gasteiger charge is 2.25. The fraction of sp³-hybridized carbons (Fsp3) is 0.750. The van der Waals surface area contributed by atoms with Crippen LogP contribution in [0.5, 0.6) is 0 Å². The van der Waals surface area contributed by atoms with Gasteiger partial charge in [0.1, 0.15) is 0 Å². The van der Waals surface area contributed by atoms with Crippen LogP contribution in [-0.2, 0) is 9.36 Å². The van der Waals surface area contributed by atoms with Crippen LogP contribution < -0.4 is 0 Å². The summed E-state index contributed by atoms with van der Waals surface area (Å²) in [6.45, 7) is 1.42. The van der Waals surface area contributed by atoms with Crippen molar-refractivity contribution < 1.29 is 19.4 Å². The number of rotatable bonds is 3. The molecule has 9 heavy (non-hydrogen) atoms. The Morgan fingerprint density at radius 2 is 2.22 bits per heavy atom. The van der Waals surface area contributed by atoms with Gasteiger partial charge in [0.05, 0.1) is 6.42 Å². The van der Waals surface area contributed by atoms with Crippen molar-refractivity contribution >= 4 is 14.0 Å². The monoisotopic (exact) mass is 151 g/mol. The molecule has 2 unspecified atom stereocenters. The van der Waals surface area contributed by atoms with E-state index in [9.17, 15) is 9.36 Å². The second kappa shape index (κ2) is 3.54. The maximum Gasteiger partial charge on any atom is 0.508 e. The van der Waals surface area contributed by atoms with Crippen LogP contribution in [0.4, 0.5) is 0 Å². The van der Waals surface area contributed by atoms with Crippen molar-refractivity contribution in [2.75, 3.05) is 0 Å². The lowest BCUT2D eigenvalue weighted by Crippen LogP contribution is -2.04. The number of hydrogen-bond acceptors (Lipinski definition) is 2. The molecule has 0 aromatic heterocycles. The highest BCUT2D eigenvalue weighted by molar-refractivity contribution is 7.38. The quantitative estimate of drug-likeness (QED) is 0.578. The minimum absolute atomic E-state index is 0.244. The van der Waals surface area contributed by atoms with E-state index < -0.39 is 19.7 Å². The van der Waals surface area contributed by atoms with Crippen LogP contribution in [0.3, 0.4) is 0 Å². The molecule has 0 aromatic rings. The normalized spacial score (nSPS) is 14.7. The molecule has 0 heterocycles. The average Bonchev–Trinajstić information content (AvgIpc) is 1.63. The first-order valence-corrected chi connectivity index (χ1v) is 3.69.